The minimum Gasteiger partial charge on any atom is -0.271 e. The fraction of sp³-hybridized carbons (Fsp3) is 0.273. The normalized spacial score (nSPS) is 15.0. The molecule has 1 saturated heterocycles. The number of aromatic nitrogens is 4. The molecule has 18 heavy (non-hydrogen) atoms. The highest BCUT2D eigenvalue weighted by Crippen LogP contribution is 2.13. The lowest BCUT2D eigenvalue weighted by molar-refractivity contribution is -0.0768. The molecular weight excluding hydrogens is 234 g/mol. The quantitative estimate of drug-likeness (QED) is 0.767. The van der Waals surface area contributed by atoms with Crippen LogP contribution in [0.25, 0.3) is 5.69 Å². The zero-order valence-electron chi connectivity index (χ0n) is 9.56. The summed E-state index contributed by atoms with van der Waals surface area (Å²) in [6.45, 7) is 1.25. The molecule has 92 valence electrons. The van der Waals surface area contributed by atoms with Gasteiger partial charge in [0.25, 0.3) is 5.91 Å². The summed E-state index contributed by atoms with van der Waals surface area (Å²) < 4.78 is 1.53. The van der Waals surface area contributed by atoms with Crippen LogP contribution in [-0.2, 0) is 4.84 Å². The van der Waals surface area contributed by atoms with Crippen LogP contribution in [0, 0.1) is 0 Å². The molecule has 7 heteroatoms. The van der Waals surface area contributed by atoms with Gasteiger partial charge in [-0.25, -0.2) is 9.75 Å². The van der Waals surface area contributed by atoms with Crippen LogP contribution in [-0.4, -0.2) is 44.3 Å². The van der Waals surface area contributed by atoms with Gasteiger partial charge in [0, 0.05) is 5.56 Å². The fourth-order valence-corrected chi connectivity index (χ4v) is 1.79. The molecule has 0 atom stereocenters. The van der Waals surface area contributed by atoms with Gasteiger partial charge >= 0.3 is 0 Å². The number of tetrazole rings is 1. The van der Waals surface area contributed by atoms with E-state index in [0.29, 0.717) is 18.7 Å². The van der Waals surface area contributed by atoms with Crippen LogP contribution >= 0.6 is 0 Å². The van der Waals surface area contributed by atoms with E-state index in [1.807, 2.05) is 0 Å². The predicted molar refractivity (Wildman–Crippen MR) is 60.8 cm³/mol. The van der Waals surface area contributed by atoms with Crippen molar-refractivity contribution in [2.75, 3.05) is 13.2 Å². The Bertz CT molecular complexity index is 531. The van der Waals surface area contributed by atoms with E-state index in [9.17, 15) is 4.79 Å². The van der Waals surface area contributed by atoms with Crippen LogP contribution in [0.5, 0.6) is 0 Å². The van der Waals surface area contributed by atoms with Crippen molar-refractivity contribution in [3.8, 4) is 5.69 Å². The third kappa shape index (κ3) is 1.95. The van der Waals surface area contributed by atoms with Gasteiger partial charge < -0.3 is 0 Å². The lowest BCUT2D eigenvalue weighted by atomic mass is 10.2. The maximum atomic E-state index is 12.0. The van der Waals surface area contributed by atoms with Crippen LogP contribution in [0.1, 0.15) is 16.8 Å². The second kappa shape index (κ2) is 4.53. The monoisotopic (exact) mass is 245 g/mol. The Labute approximate surface area is 103 Å². The van der Waals surface area contributed by atoms with E-state index >= 15 is 0 Å². The standard InChI is InChI=1S/C11H11N5O2/c17-11(16-6-1-7-18-16)9-2-4-10(5-3-9)15-8-12-13-14-15/h2-5,8H,1,6-7H2. The van der Waals surface area contributed by atoms with Gasteiger partial charge in [0.2, 0.25) is 0 Å². The molecule has 1 aromatic heterocycles. The highest BCUT2D eigenvalue weighted by atomic mass is 16.7. The van der Waals surface area contributed by atoms with E-state index in [0.717, 1.165) is 12.1 Å². The smallest absolute Gasteiger partial charge is 0.271 e. The molecule has 1 amide bonds. The van der Waals surface area contributed by atoms with Crippen LogP contribution in [0.2, 0.25) is 0 Å². The van der Waals surface area contributed by atoms with Gasteiger partial charge in [-0.05, 0) is 41.1 Å². The molecule has 0 aliphatic carbocycles. The summed E-state index contributed by atoms with van der Waals surface area (Å²) in [7, 11) is 0. The highest BCUT2D eigenvalue weighted by molar-refractivity contribution is 5.93. The van der Waals surface area contributed by atoms with E-state index in [-0.39, 0.29) is 5.91 Å². The van der Waals surface area contributed by atoms with Crippen molar-refractivity contribution in [1.29, 1.82) is 0 Å². The summed E-state index contributed by atoms with van der Waals surface area (Å²) in [5.74, 6) is -0.115. The minimum atomic E-state index is -0.115. The van der Waals surface area contributed by atoms with E-state index in [4.69, 9.17) is 4.84 Å². The van der Waals surface area contributed by atoms with Gasteiger partial charge in [-0.2, -0.15) is 0 Å². The number of nitrogens with zero attached hydrogens (tertiary/aromatic N) is 5. The van der Waals surface area contributed by atoms with Crippen molar-refractivity contribution >= 4 is 5.91 Å². The second-order valence-electron chi connectivity index (χ2n) is 3.90. The molecule has 2 heterocycles. The van der Waals surface area contributed by atoms with Crippen molar-refractivity contribution in [2.24, 2.45) is 0 Å². The molecule has 1 aliphatic rings. The van der Waals surface area contributed by atoms with Crippen molar-refractivity contribution in [2.45, 2.75) is 6.42 Å². The number of hydrogen-bond acceptors (Lipinski definition) is 5. The second-order valence-corrected chi connectivity index (χ2v) is 3.90. The Morgan fingerprint density at radius 2 is 2.11 bits per heavy atom. The van der Waals surface area contributed by atoms with E-state index < -0.39 is 0 Å². The molecule has 0 N–H and O–H groups in total. The van der Waals surface area contributed by atoms with Crippen LogP contribution in [0.15, 0.2) is 30.6 Å². The van der Waals surface area contributed by atoms with Crippen LogP contribution < -0.4 is 0 Å². The Kier molecular flexibility index (Phi) is 2.73. The van der Waals surface area contributed by atoms with Crippen molar-refractivity contribution in [1.82, 2.24) is 25.3 Å². The lowest BCUT2D eigenvalue weighted by Gasteiger charge is -2.13. The summed E-state index contributed by atoms with van der Waals surface area (Å²) in [5.41, 5.74) is 1.40. The molecule has 3 rings (SSSR count). The molecular formula is C11H11N5O2. The molecule has 0 saturated carbocycles. The first-order valence-electron chi connectivity index (χ1n) is 5.63. The summed E-state index contributed by atoms with van der Waals surface area (Å²) in [5, 5.41) is 12.3. The first-order chi connectivity index (χ1) is 8.84. The van der Waals surface area contributed by atoms with Crippen molar-refractivity contribution in [3.63, 3.8) is 0 Å². The van der Waals surface area contributed by atoms with Gasteiger partial charge in [-0.15, -0.1) is 5.10 Å². The van der Waals surface area contributed by atoms with Gasteiger partial charge in [-0.3, -0.25) is 9.63 Å². The molecule has 1 fully saturated rings. The molecule has 0 radical (unpaired) electrons. The first-order valence-corrected chi connectivity index (χ1v) is 5.63. The average molecular weight is 245 g/mol. The number of benzene rings is 1. The molecule has 0 bridgehead atoms. The summed E-state index contributed by atoms with van der Waals surface area (Å²) in [4.78, 5) is 17.2. The average Bonchev–Trinajstić information content (AvgIpc) is 3.11. The Morgan fingerprint density at radius 3 is 2.72 bits per heavy atom. The van der Waals surface area contributed by atoms with Crippen molar-refractivity contribution < 1.29 is 9.63 Å². The molecule has 0 spiro atoms. The van der Waals surface area contributed by atoms with Gasteiger partial charge in [0.1, 0.15) is 6.33 Å². The molecule has 0 unspecified atom stereocenters. The van der Waals surface area contributed by atoms with Crippen molar-refractivity contribution in [3.05, 3.63) is 36.2 Å². The van der Waals surface area contributed by atoms with Crippen LogP contribution in [0.3, 0.4) is 0 Å². The minimum absolute atomic E-state index is 0.115. The maximum absolute atomic E-state index is 12.0. The largest absolute Gasteiger partial charge is 0.277 e. The van der Waals surface area contributed by atoms with E-state index in [1.54, 1.807) is 24.3 Å². The Morgan fingerprint density at radius 1 is 1.28 bits per heavy atom. The Hall–Kier alpha value is -2.28. The lowest BCUT2D eigenvalue weighted by Crippen LogP contribution is -2.26. The number of rotatable bonds is 2. The zero-order chi connectivity index (χ0) is 12.4. The number of amides is 1. The number of carbonyl (C=O) groups is 1. The van der Waals surface area contributed by atoms with Gasteiger partial charge in [0.05, 0.1) is 18.8 Å². The highest BCUT2D eigenvalue weighted by Gasteiger charge is 2.20. The van der Waals surface area contributed by atoms with Crippen LogP contribution in [0.4, 0.5) is 0 Å². The summed E-state index contributed by atoms with van der Waals surface area (Å²) in [6, 6.07) is 7.06. The topological polar surface area (TPSA) is 73.1 Å². The van der Waals surface area contributed by atoms with E-state index in [2.05, 4.69) is 15.5 Å². The maximum Gasteiger partial charge on any atom is 0.277 e. The zero-order valence-corrected chi connectivity index (χ0v) is 9.56. The number of hydrogen-bond donors (Lipinski definition) is 0. The molecule has 1 aromatic carbocycles. The number of hydroxylamine groups is 2. The molecule has 2 aromatic rings. The number of carbonyl (C=O) groups excluding carboxylic acids is 1. The SMILES string of the molecule is O=C(c1ccc(-n2cnnn2)cc1)N1CCCO1. The fourth-order valence-electron chi connectivity index (χ4n) is 1.79. The van der Waals surface area contributed by atoms with E-state index in [1.165, 1.54) is 16.1 Å². The predicted octanol–water partition coefficient (Wildman–Crippen LogP) is 0.440. The first kappa shape index (κ1) is 10.8. The summed E-state index contributed by atoms with van der Waals surface area (Å²) in [6.07, 6.45) is 2.38. The molecule has 1 aliphatic heterocycles. The third-order valence-corrected chi connectivity index (χ3v) is 2.71. The van der Waals surface area contributed by atoms with Gasteiger partial charge in [0.15, 0.2) is 0 Å². The Balaban J connectivity index is 1.80. The molecule has 7 nitrogen and oxygen atoms in total. The third-order valence-electron chi connectivity index (χ3n) is 2.71. The van der Waals surface area contributed by atoms with Gasteiger partial charge in [-0.1, -0.05) is 0 Å². The summed E-state index contributed by atoms with van der Waals surface area (Å²) >= 11 is 0.